The van der Waals surface area contributed by atoms with Crippen LogP contribution in [0.2, 0.25) is 0 Å². The van der Waals surface area contributed by atoms with Crippen LogP contribution in [0.25, 0.3) is 0 Å². The molecule has 1 rings (SSSR count). The maximum atomic E-state index is 9.09. The minimum Gasteiger partial charge on any atom is -0.497 e. The highest BCUT2D eigenvalue weighted by molar-refractivity contribution is 5.49. The third kappa shape index (κ3) is 5.49. The highest BCUT2D eigenvalue weighted by Gasteiger charge is 2.15. The van der Waals surface area contributed by atoms with Crippen molar-refractivity contribution >= 4 is 5.69 Å². The fourth-order valence-electron chi connectivity index (χ4n) is 1.93. The van der Waals surface area contributed by atoms with Crippen LogP contribution in [0.5, 0.6) is 5.75 Å². The van der Waals surface area contributed by atoms with Crippen LogP contribution in [0.15, 0.2) is 24.3 Å². The van der Waals surface area contributed by atoms with Gasteiger partial charge in [0.25, 0.3) is 0 Å². The Morgan fingerprint density at radius 2 is 2.11 bits per heavy atom. The molecule has 0 aromatic heterocycles. The molecular formula is C15H26N2O2. The zero-order valence-electron chi connectivity index (χ0n) is 12.2. The van der Waals surface area contributed by atoms with E-state index in [2.05, 4.69) is 18.0 Å². The number of ether oxygens (including phenoxy) is 1. The van der Waals surface area contributed by atoms with Crippen molar-refractivity contribution in [2.24, 2.45) is 5.73 Å². The predicted octanol–water partition coefficient (Wildman–Crippen LogP) is 2.01. The molecule has 19 heavy (non-hydrogen) atoms. The van der Waals surface area contributed by atoms with Crippen LogP contribution in [0.3, 0.4) is 0 Å². The zero-order valence-corrected chi connectivity index (χ0v) is 12.2. The van der Waals surface area contributed by atoms with Crippen LogP contribution in [-0.4, -0.2) is 38.0 Å². The van der Waals surface area contributed by atoms with E-state index < -0.39 is 5.54 Å². The number of aliphatic hydroxyl groups excluding tert-OH is 1. The summed E-state index contributed by atoms with van der Waals surface area (Å²) in [6.45, 7) is 2.90. The van der Waals surface area contributed by atoms with Gasteiger partial charge in [0.2, 0.25) is 0 Å². The summed E-state index contributed by atoms with van der Waals surface area (Å²) in [5.74, 6) is 0.874. The monoisotopic (exact) mass is 266 g/mol. The second kappa shape index (κ2) is 7.36. The van der Waals surface area contributed by atoms with Gasteiger partial charge in [0.05, 0.1) is 13.7 Å². The van der Waals surface area contributed by atoms with Crippen LogP contribution >= 0.6 is 0 Å². The van der Waals surface area contributed by atoms with Gasteiger partial charge in [-0.05, 0) is 38.3 Å². The van der Waals surface area contributed by atoms with Gasteiger partial charge in [-0.3, -0.25) is 0 Å². The molecule has 0 heterocycles. The van der Waals surface area contributed by atoms with Gasteiger partial charge in [0.15, 0.2) is 0 Å². The molecule has 1 unspecified atom stereocenters. The number of rotatable bonds is 8. The maximum Gasteiger partial charge on any atom is 0.120 e. The Morgan fingerprint density at radius 3 is 2.74 bits per heavy atom. The molecule has 0 spiro atoms. The number of nitrogens with two attached hydrogens (primary N) is 1. The summed E-state index contributed by atoms with van der Waals surface area (Å²) in [6, 6.07) is 8.04. The lowest BCUT2D eigenvalue weighted by Gasteiger charge is -2.23. The number of nitrogens with zero attached hydrogens (tertiary/aromatic N) is 1. The lowest BCUT2D eigenvalue weighted by Crippen LogP contribution is -2.40. The Hall–Kier alpha value is -1.26. The largest absolute Gasteiger partial charge is 0.497 e. The van der Waals surface area contributed by atoms with Gasteiger partial charge >= 0.3 is 0 Å². The summed E-state index contributed by atoms with van der Waals surface area (Å²) in [5, 5.41) is 9.09. The highest BCUT2D eigenvalue weighted by Crippen LogP contribution is 2.20. The van der Waals surface area contributed by atoms with Crippen molar-refractivity contribution in [3.63, 3.8) is 0 Å². The van der Waals surface area contributed by atoms with E-state index in [1.807, 2.05) is 25.1 Å². The van der Waals surface area contributed by atoms with E-state index in [0.29, 0.717) is 0 Å². The molecule has 1 aromatic rings. The van der Waals surface area contributed by atoms with Crippen molar-refractivity contribution in [2.75, 3.05) is 32.2 Å². The molecule has 3 N–H and O–H groups in total. The second-order valence-corrected chi connectivity index (χ2v) is 5.39. The number of unbranched alkanes of at least 4 members (excludes halogenated alkanes) is 1. The predicted molar refractivity (Wildman–Crippen MR) is 79.8 cm³/mol. The molecular weight excluding hydrogens is 240 g/mol. The topological polar surface area (TPSA) is 58.7 Å². The van der Waals surface area contributed by atoms with Crippen molar-refractivity contribution < 1.29 is 9.84 Å². The lowest BCUT2D eigenvalue weighted by molar-refractivity contribution is 0.197. The molecule has 0 fully saturated rings. The van der Waals surface area contributed by atoms with E-state index in [4.69, 9.17) is 15.6 Å². The van der Waals surface area contributed by atoms with E-state index in [0.717, 1.165) is 37.2 Å². The molecule has 0 aliphatic carbocycles. The van der Waals surface area contributed by atoms with Gasteiger partial charge in [0.1, 0.15) is 5.75 Å². The molecule has 0 saturated heterocycles. The third-order valence-electron chi connectivity index (χ3n) is 3.35. The Kier molecular flexibility index (Phi) is 6.12. The average molecular weight is 266 g/mol. The van der Waals surface area contributed by atoms with Crippen LogP contribution in [-0.2, 0) is 0 Å². The zero-order chi connectivity index (χ0) is 14.3. The van der Waals surface area contributed by atoms with E-state index in [-0.39, 0.29) is 6.61 Å². The van der Waals surface area contributed by atoms with Crippen LogP contribution in [0, 0.1) is 0 Å². The molecule has 4 heteroatoms. The number of hydrogen-bond acceptors (Lipinski definition) is 4. The first-order chi connectivity index (χ1) is 8.98. The first-order valence-electron chi connectivity index (χ1n) is 6.73. The van der Waals surface area contributed by atoms with Gasteiger partial charge in [-0.25, -0.2) is 0 Å². The molecule has 0 bridgehead atoms. The minimum absolute atomic E-state index is 0.0404. The van der Waals surface area contributed by atoms with Crippen LogP contribution in [0.1, 0.15) is 26.2 Å². The van der Waals surface area contributed by atoms with Gasteiger partial charge in [-0.1, -0.05) is 6.07 Å². The Morgan fingerprint density at radius 1 is 1.37 bits per heavy atom. The van der Waals surface area contributed by atoms with E-state index in [1.54, 1.807) is 7.11 Å². The fraction of sp³-hybridized carbons (Fsp3) is 0.600. The Bertz CT molecular complexity index is 380. The quantitative estimate of drug-likeness (QED) is 0.707. The van der Waals surface area contributed by atoms with Crippen molar-refractivity contribution in [3.8, 4) is 5.75 Å². The van der Waals surface area contributed by atoms with Crippen LogP contribution < -0.4 is 15.4 Å². The first kappa shape index (κ1) is 15.8. The van der Waals surface area contributed by atoms with E-state index >= 15 is 0 Å². The van der Waals surface area contributed by atoms with Crippen molar-refractivity contribution in [2.45, 2.75) is 31.7 Å². The van der Waals surface area contributed by atoms with Crippen molar-refractivity contribution in [3.05, 3.63) is 24.3 Å². The smallest absolute Gasteiger partial charge is 0.120 e. The summed E-state index contributed by atoms with van der Waals surface area (Å²) >= 11 is 0. The van der Waals surface area contributed by atoms with Gasteiger partial charge in [-0.15, -0.1) is 0 Å². The summed E-state index contributed by atoms with van der Waals surface area (Å²) < 4.78 is 5.22. The molecule has 4 nitrogen and oxygen atoms in total. The van der Waals surface area contributed by atoms with Gasteiger partial charge in [0, 0.05) is 30.9 Å². The Labute approximate surface area is 116 Å². The van der Waals surface area contributed by atoms with Crippen LogP contribution in [0.4, 0.5) is 5.69 Å². The second-order valence-electron chi connectivity index (χ2n) is 5.39. The van der Waals surface area contributed by atoms with Gasteiger partial charge < -0.3 is 20.5 Å². The van der Waals surface area contributed by atoms with Crippen molar-refractivity contribution in [1.82, 2.24) is 0 Å². The standard InChI is InChI=1S/C15H26N2O2/c1-15(16,12-18)9-4-5-10-17(2)13-7-6-8-14(11-13)19-3/h6-8,11,18H,4-5,9-10,12,16H2,1-3H3. The number of aliphatic hydroxyl groups is 1. The average Bonchev–Trinajstić information content (AvgIpc) is 2.43. The number of hydrogen-bond donors (Lipinski definition) is 2. The molecule has 0 saturated carbocycles. The van der Waals surface area contributed by atoms with Gasteiger partial charge in [-0.2, -0.15) is 0 Å². The minimum atomic E-state index is -0.450. The third-order valence-corrected chi connectivity index (χ3v) is 3.35. The molecule has 0 amide bonds. The number of methoxy groups -OCH3 is 1. The number of anilines is 1. The normalized spacial score (nSPS) is 13.9. The van der Waals surface area contributed by atoms with Crippen molar-refractivity contribution in [1.29, 1.82) is 0 Å². The Balaban J connectivity index is 2.36. The molecule has 0 aliphatic heterocycles. The summed E-state index contributed by atoms with van der Waals surface area (Å²) in [6.07, 6.45) is 2.91. The van der Waals surface area contributed by atoms with E-state index in [1.165, 1.54) is 0 Å². The fourth-order valence-corrected chi connectivity index (χ4v) is 1.93. The maximum absolute atomic E-state index is 9.09. The summed E-state index contributed by atoms with van der Waals surface area (Å²) in [5.41, 5.74) is 6.60. The lowest BCUT2D eigenvalue weighted by atomic mass is 9.97. The van der Waals surface area contributed by atoms with E-state index in [9.17, 15) is 0 Å². The molecule has 0 radical (unpaired) electrons. The SMILES string of the molecule is COc1cccc(N(C)CCCCC(C)(N)CO)c1. The summed E-state index contributed by atoms with van der Waals surface area (Å²) in [4.78, 5) is 2.20. The summed E-state index contributed by atoms with van der Waals surface area (Å²) in [7, 11) is 3.75. The molecule has 0 aliphatic rings. The molecule has 108 valence electrons. The number of benzene rings is 1. The molecule has 1 atom stereocenters. The highest BCUT2D eigenvalue weighted by atomic mass is 16.5. The first-order valence-corrected chi connectivity index (χ1v) is 6.73. The molecule has 1 aromatic carbocycles.